The Kier molecular flexibility index (Phi) is 102. The van der Waals surface area contributed by atoms with E-state index in [0.29, 0.717) is 0 Å². The number of hydrogen-bond donors (Lipinski definition) is 0. The molecule has 0 spiro atoms. The van der Waals surface area contributed by atoms with Gasteiger partial charge in [0.1, 0.15) is 0 Å². The summed E-state index contributed by atoms with van der Waals surface area (Å²) < 4.78 is 0. The molecule has 69 heavy (non-hydrogen) atoms. The average Bonchev–Trinajstić information content (AvgIpc) is 3.93. The van der Waals surface area contributed by atoms with Gasteiger partial charge in [-0.05, 0) is 115 Å². The molecular weight excluding hydrogens is 1750 g/mol. The monoisotopic (exact) mass is 1830 g/mol. The molecular formula is C57H76Y12-6. The van der Waals surface area contributed by atoms with Gasteiger partial charge in [0.15, 0.2) is 0 Å². The van der Waals surface area contributed by atoms with Crippen LogP contribution in [0.1, 0.15) is 119 Å². The van der Waals surface area contributed by atoms with Crippen molar-refractivity contribution in [2.75, 3.05) is 0 Å². The minimum atomic E-state index is 0. The maximum atomic E-state index is 2.33. The van der Waals surface area contributed by atoms with Crippen molar-refractivity contribution in [3.8, 4) is 44.5 Å². The Labute approximate surface area is 730 Å². The molecule has 0 fully saturated rings. The average molecular weight is 1830 g/mol. The molecule has 0 aliphatic heterocycles. The van der Waals surface area contributed by atoms with E-state index in [1.165, 1.54) is 108 Å². The van der Waals surface area contributed by atoms with Crippen LogP contribution in [0.2, 0.25) is 0 Å². The molecule has 6 aromatic carbocycles. The van der Waals surface area contributed by atoms with Crippen molar-refractivity contribution in [2.24, 2.45) is 0 Å². The topological polar surface area (TPSA) is 0 Å². The van der Waals surface area contributed by atoms with Crippen LogP contribution in [-0.4, -0.2) is 0 Å². The second-order valence-corrected chi connectivity index (χ2v) is 13.7. The first-order valence-corrected chi connectivity index (χ1v) is 19.7. The summed E-state index contributed by atoms with van der Waals surface area (Å²) in [5.74, 6) is 0. The third-order valence-electron chi connectivity index (χ3n) is 9.43. The fourth-order valence-electron chi connectivity index (χ4n) is 7.69. The Morgan fingerprint density at radius 1 is 0.232 bits per heavy atom. The van der Waals surface area contributed by atoms with Crippen LogP contribution in [0.4, 0.5) is 0 Å². The molecule has 0 atom stereocenters. The summed E-state index contributed by atoms with van der Waals surface area (Å²) in [6.07, 6.45) is 8.09. The van der Waals surface area contributed by atoms with Gasteiger partial charge in [-0.3, -0.25) is 0 Å². The molecule has 0 bridgehead atoms. The van der Waals surface area contributed by atoms with Gasteiger partial charge in [-0.25, -0.2) is 0 Å². The molecule has 0 amide bonds. The van der Waals surface area contributed by atoms with Crippen LogP contribution in [0.5, 0.6) is 0 Å². The first-order valence-electron chi connectivity index (χ1n) is 19.7. The molecule has 10 rings (SSSR count). The molecule has 0 saturated carbocycles. The summed E-state index contributed by atoms with van der Waals surface area (Å²) in [5, 5.41) is 0. The number of benzene rings is 6. The van der Waals surface area contributed by atoms with Crippen LogP contribution in [0.25, 0.3) is 44.5 Å². The van der Waals surface area contributed by atoms with Crippen LogP contribution in [0, 0.1) is 44.6 Å². The third kappa shape index (κ3) is 30.3. The van der Waals surface area contributed by atoms with Gasteiger partial charge in [0.2, 0.25) is 0 Å². The number of hydrogen-bond acceptors (Lipinski definition) is 0. The largest absolute Gasteiger partial charge is 0.358 e. The van der Waals surface area contributed by atoms with Crippen molar-refractivity contribution in [3.63, 3.8) is 0 Å². The molecule has 4 aliphatic carbocycles. The predicted molar refractivity (Wildman–Crippen MR) is 264 cm³/mol. The summed E-state index contributed by atoms with van der Waals surface area (Å²) in [6.45, 7) is 16.8. The standard InChI is InChI=1S/2C20H14.3C3H8.C2H6.6CH3.12Y/c2*1-3-7-17-13(5-1)11-15-9-10-16-12-14-6-2-4-8-18(14)20(16)19(15)17;3*1-3-2;1-2;;;;;;;;;;;;;;;;;;/h2*1-10H,11-12H2;3*3H2,1-2H3;1-2H3;6*1H3;;;;;;;;;;;;/q;;;;;;6*-1;;;;;;;;;;;;. The van der Waals surface area contributed by atoms with Gasteiger partial charge in [0, 0.05) is 393 Å². The summed E-state index contributed by atoms with van der Waals surface area (Å²) in [4.78, 5) is 0. The maximum absolute atomic E-state index is 2.33. The summed E-state index contributed by atoms with van der Waals surface area (Å²) in [6, 6.07) is 44.8. The molecule has 12 radical (unpaired) electrons. The van der Waals surface area contributed by atoms with E-state index in [1.54, 1.807) is 0 Å². The van der Waals surface area contributed by atoms with E-state index in [-0.39, 0.29) is 437 Å². The van der Waals surface area contributed by atoms with Gasteiger partial charge in [0.25, 0.3) is 0 Å². The molecule has 0 aromatic heterocycles. The molecule has 0 nitrogen and oxygen atoms in total. The van der Waals surface area contributed by atoms with E-state index in [0.717, 1.165) is 25.7 Å². The van der Waals surface area contributed by atoms with E-state index >= 15 is 0 Å². The fourth-order valence-corrected chi connectivity index (χ4v) is 7.69. The first-order chi connectivity index (χ1) is 25.1. The van der Waals surface area contributed by atoms with Crippen LogP contribution in [0.3, 0.4) is 0 Å². The number of rotatable bonds is 0. The van der Waals surface area contributed by atoms with Gasteiger partial charge in [0.05, 0.1) is 0 Å². The molecule has 0 N–H and O–H groups in total. The van der Waals surface area contributed by atoms with Crippen molar-refractivity contribution >= 4 is 0 Å². The van der Waals surface area contributed by atoms with E-state index < -0.39 is 0 Å². The Morgan fingerprint density at radius 2 is 0.362 bits per heavy atom. The van der Waals surface area contributed by atoms with Gasteiger partial charge in [-0.1, -0.05) is 196 Å². The number of fused-ring (bicyclic) bond motifs is 14. The quantitative estimate of drug-likeness (QED) is 0.133. The van der Waals surface area contributed by atoms with E-state index in [9.17, 15) is 0 Å². The normalized spacial score (nSPS) is 8.75. The minimum absolute atomic E-state index is 0. The predicted octanol–water partition coefficient (Wildman–Crippen LogP) is 17.6. The molecule has 0 unspecified atom stereocenters. The van der Waals surface area contributed by atoms with Gasteiger partial charge in [-0.15, -0.1) is 0 Å². The first kappa shape index (κ1) is 113. The second kappa shape index (κ2) is 62.6. The minimum Gasteiger partial charge on any atom is -0.358 e. The molecule has 4 aliphatic rings. The third-order valence-corrected chi connectivity index (χ3v) is 9.43. The Morgan fingerprint density at radius 3 is 0.507 bits per heavy atom. The van der Waals surface area contributed by atoms with Crippen LogP contribution in [-0.2, 0) is 418 Å². The zero-order valence-corrected chi connectivity index (χ0v) is 79.5. The van der Waals surface area contributed by atoms with Crippen LogP contribution in [0.15, 0.2) is 121 Å². The smallest absolute Gasteiger partial charge is 0 e. The van der Waals surface area contributed by atoms with Crippen LogP contribution >= 0.6 is 0 Å². The molecule has 0 saturated heterocycles. The van der Waals surface area contributed by atoms with Crippen molar-refractivity contribution in [1.29, 1.82) is 0 Å². The van der Waals surface area contributed by atoms with Crippen molar-refractivity contribution in [1.82, 2.24) is 0 Å². The van der Waals surface area contributed by atoms with Gasteiger partial charge >= 0.3 is 0 Å². The molecule has 0 heterocycles. The van der Waals surface area contributed by atoms with Gasteiger partial charge in [-0.2, -0.15) is 0 Å². The molecule has 6 aromatic rings. The summed E-state index contributed by atoms with van der Waals surface area (Å²) in [7, 11) is 0. The second-order valence-electron chi connectivity index (χ2n) is 13.7. The Bertz CT molecular complexity index is 1810. The zero-order valence-electron chi connectivity index (χ0n) is 45.4. The van der Waals surface area contributed by atoms with Gasteiger partial charge < -0.3 is 44.6 Å². The van der Waals surface area contributed by atoms with E-state index in [4.69, 9.17) is 0 Å². The van der Waals surface area contributed by atoms with E-state index in [2.05, 4.69) is 163 Å². The van der Waals surface area contributed by atoms with Crippen molar-refractivity contribution < 1.29 is 393 Å². The summed E-state index contributed by atoms with van der Waals surface area (Å²) >= 11 is 0. The van der Waals surface area contributed by atoms with E-state index in [1.807, 2.05) is 13.8 Å². The van der Waals surface area contributed by atoms with Crippen molar-refractivity contribution in [3.05, 3.63) is 210 Å². The summed E-state index contributed by atoms with van der Waals surface area (Å²) in [5.41, 5.74) is 23.6. The molecule has 346 valence electrons. The zero-order chi connectivity index (χ0) is 36.3. The SMILES string of the molecule is CC.CCC.CCC.CCC.[CH3-].[CH3-].[CH3-].[CH3-].[CH3-].[CH3-].[Y].[Y].[Y].[Y].[Y].[Y].[Y].[Y].[Y].[Y].[Y].[Y].c1ccc2c(c1)Cc1ccc3c(c1-2)-c1ccccc1C3.c1ccc2c(c1)Cc1ccc3c(c1-2)-c1ccccc1C3. The Balaban J connectivity index is -0.0000000497. The Hall–Kier alpha value is 8.57. The molecule has 12 heteroatoms. The fraction of sp³-hybridized carbons (Fsp3) is 0.263. The maximum Gasteiger partial charge on any atom is 0 e. The van der Waals surface area contributed by atoms with Crippen molar-refractivity contribution in [2.45, 2.75) is 100 Å². The van der Waals surface area contributed by atoms with Crippen LogP contribution < -0.4 is 0 Å².